The predicted octanol–water partition coefficient (Wildman–Crippen LogP) is 1.64. The van der Waals surface area contributed by atoms with E-state index >= 15 is 0 Å². The van der Waals surface area contributed by atoms with Crippen molar-refractivity contribution < 1.29 is 18.7 Å². The fraction of sp³-hybridized carbons (Fsp3) is 0. The van der Waals surface area contributed by atoms with Gasteiger partial charge in [0, 0.05) is 11.6 Å². The fourth-order valence-corrected chi connectivity index (χ4v) is 1.42. The molecule has 1 aromatic heterocycles. The van der Waals surface area contributed by atoms with Crippen LogP contribution in [0, 0.1) is 11.6 Å². The average Bonchev–Trinajstić information content (AvgIpc) is 2.60. The Labute approximate surface area is 93.9 Å². The van der Waals surface area contributed by atoms with E-state index in [1.54, 1.807) is 0 Å². The van der Waals surface area contributed by atoms with Crippen LogP contribution in [0.15, 0.2) is 18.2 Å². The zero-order valence-corrected chi connectivity index (χ0v) is 8.37. The highest BCUT2D eigenvalue weighted by molar-refractivity contribution is 5.93. The summed E-state index contributed by atoms with van der Waals surface area (Å²) in [4.78, 5) is 16.8. The van der Waals surface area contributed by atoms with Gasteiger partial charge in [0.25, 0.3) is 0 Å². The van der Waals surface area contributed by atoms with E-state index in [1.807, 2.05) is 0 Å². The number of nitrogens with two attached hydrogens (primary N) is 1. The summed E-state index contributed by atoms with van der Waals surface area (Å²) in [5.74, 6) is -3.14. The highest BCUT2D eigenvalue weighted by atomic mass is 19.1. The Bertz CT molecular complexity index is 595. The molecule has 7 heteroatoms. The van der Waals surface area contributed by atoms with Crippen LogP contribution >= 0.6 is 0 Å². The molecule has 88 valence electrons. The molecule has 5 nitrogen and oxygen atoms in total. The third-order valence-electron chi connectivity index (χ3n) is 2.12. The largest absolute Gasteiger partial charge is 0.477 e. The van der Waals surface area contributed by atoms with Crippen LogP contribution in [-0.2, 0) is 0 Å². The highest BCUT2D eigenvalue weighted by Crippen LogP contribution is 2.25. The number of carbonyl (C=O) groups is 1. The lowest BCUT2D eigenvalue weighted by Crippen LogP contribution is -2.00. The molecule has 4 N–H and O–H groups in total. The number of aromatic amines is 1. The minimum atomic E-state index is -1.33. The molecule has 0 radical (unpaired) electrons. The number of aromatic nitrogens is 2. The van der Waals surface area contributed by atoms with Crippen molar-refractivity contribution in [2.24, 2.45) is 0 Å². The number of nitrogens with zero attached hydrogens (tertiary/aromatic N) is 1. The zero-order valence-electron chi connectivity index (χ0n) is 8.37. The van der Waals surface area contributed by atoms with Gasteiger partial charge in [-0.15, -0.1) is 0 Å². The molecule has 0 saturated carbocycles. The quantitative estimate of drug-likeness (QED) is 0.742. The van der Waals surface area contributed by atoms with Crippen LogP contribution in [0.2, 0.25) is 0 Å². The second kappa shape index (κ2) is 3.85. The summed E-state index contributed by atoms with van der Waals surface area (Å²) in [7, 11) is 0. The van der Waals surface area contributed by atoms with Crippen LogP contribution in [0.5, 0.6) is 0 Å². The maximum absolute atomic E-state index is 13.5. The number of H-pyrrole nitrogens is 1. The summed E-state index contributed by atoms with van der Waals surface area (Å²) in [6, 6.07) is 2.76. The molecule has 0 fully saturated rings. The number of nitrogens with one attached hydrogen (secondary N) is 1. The Balaban J connectivity index is 2.63. The average molecular weight is 239 g/mol. The molecule has 0 atom stereocenters. The minimum absolute atomic E-state index is 0.128. The van der Waals surface area contributed by atoms with Gasteiger partial charge >= 0.3 is 5.97 Å². The van der Waals surface area contributed by atoms with Gasteiger partial charge in [0.1, 0.15) is 17.3 Å². The molecule has 0 aliphatic rings. The van der Waals surface area contributed by atoms with Gasteiger partial charge in [0.2, 0.25) is 0 Å². The van der Waals surface area contributed by atoms with Gasteiger partial charge in [0.15, 0.2) is 11.6 Å². The van der Waals surface area contributed by atoms with Gasteiger partial charge in [0.05, 0.1) is 0 Å². The molecule has 17 heavy (non-hydrogen) atoms. The number of benzene rings is 1. The zero-order chi connectivity index (χ0) is 12.6. The smallest absolute Gasteiger partial charge is 0.354 e. The van der Waals surface area contributed by atoms with Crippen molar-refractivity contribution in [3.05, 3.63) is 35.5 Å². The molecular formula is C10H7F2N3O2. The van der Waals surface area contributed by atoms with Crippen molar-refractivity contribution in [2.75, 3.05) is 5.73 Å². The topological polar surface area (TPSA) is 92.0 Å². The first-order chi connectivity index (χ1) is 7.99. The van der Waals surface area contributed by atoms with Crippen molar-refractivity contribution in [3.63, 3.8) is 0 Å². The van der Waals surface area contributed by atoms with E-state index in [2.05, 4.69) is 9.97 Å². The van der Waals surface area contributed by atoms with Crippen molar-refractivity contribution in [2.45, 2.75) is 0 Å². The molecule has 0 spiro atoms. The second-order valence-electron chi connectivity index (χ2n) is 3.27. The first kappa shape index (κ1) is 11.1. The Morgan fingerprint density at radius 3 is 2.71 bits per heavy atom. The monoisotopic (exact) mass is 239 g/mol. The van der Waals surface area contributed by atoms with Gasteiger partial charge in [-0.25, -0.2) is 18.6 Å². The van der Waals surface area contributed by atoms with E-state index in [0.29, 0.717) is 6.07 Å². The van der Waals surface area contributed by atoms with Gasteiger partial charge < -0.3 is 15.8 Å². The minimum Gasteiger partial charge on any atom is -0.477 e. The molecule has 0 aliphatic heterocycles. The second-order valence-corrected chi connectivity index (χ2v) is 3.27. The van der Waals surface area contributed by atoms with E-state index in [1.165, 1.54) is 0 Å². The summed E-state index contributed by atoms with van der Waals surface area (Å²) < 4.78 is 26.2. The Morgan fingerprint density at radius 2 is 2.12 bits per heavy atom. The lowest BCUT2D eigenvalue weighted by molar-refractivity contribution is 0.0692. The maximum Gasteiger partial charge on any atom is 0.354 e. The lowest BCUT2D eigenvalue weighted by atomic mass is 10.1. The van der Waals surface area contributed by atoms with E-state index in [4.69, 9.17) is 10.8 Å². The summed E-state index contributed by atoms with van der Waals surface area (Å²) in [5.41, 5.74) is 4.68. The normalized spacial score (nSPS) is 10.5. The SMILES string of the molecule is Nc1nc(-c2ccc(F)cc2F)c(C(=O)O)[nH]1. The van der Waals surface area contributed by atoms with Gasteiger partial charge in [-0.05, 0) is 12.1 Å². The number of anilines is 1. The molecule has 1 heterocycles. The molecule has 1 aromatic carbocycles. The number of aromatic carboxylic acids is 1. The van der Waals surface area contributed by atoms with Crippen LogP contribution in [0.4, 0.5) is 14.7 Å². The Kier molecular flexibility index (Phi) is 2.51. The standard InChI is InChI=1S/C10H7F2N3O2/c11-4-1-2-5(6(12)3-4)7-8(9(16)17)15-10(13)14-7/h1-3H,(H,16,17)(H3,13,14,15). The van der Waals surface area contributed by atoms with E-state index < -0.39 is 17.6 Å². The number of carboxylic acid groups (broad SMARTS) is 1. The number of hydrogen-bond acceptors (Lipinski definition) is 3. The molecule has 0 saturated heterocycles. The molecule has 2 aromatic rings. The molecule has 0 amide bonds. The summed E-state index contributed by atoms with van der Waals surface area (Å²) in [6.45, 7) is 0. The number of imidazole rings is 1. The van der Waals surface area contributed by atoms with Gasteiger partial charge in [-0.2, -0.15) is 0 Å². The first-order valence-electron chi connectivity index (χ1n) is 4.53. The van der Waals surface area contributed by atoms with Crippen molar-refractivity contribution >= 4 is 11.9 Å². The van der Waals surface area contributed by atoms with Gasteiger partial charge in [-0.1, -0.05) is 0 Å². The summed E-state index contributed by atoms with van der Waals surface area (Å²) in [6.07, 6.45) is 0. The van der Waals surface area contributed by atoms with E-state index in [0.717, 1.165) is 12.1 Å². The number of halogens is 2. The van der Waals surface area contributed by atoms with Crippen molar-refractivity contribution in [1.82, 2.24) is 9.97 Å². The van der Waals surface area contributed by atoms with Crippen LogP contribution < -0.4 is 5.73 Å². The van der Waals surface area contributed by atoms with E-state index in [-0.39, 0.29) is 22.9 Å². The lowest BCUT2D eigenvalue weighted by Gasteiger charge is -2.00. The van der Waals surface area contributed by atoms with Gasteiger partial charge in [-0.3, -0.25) is 0 Å². The van der Waals surface area contributed by atoms with Crippen LogP contribution in [0.3, 0.4) is 0 Å². The number of rotatable bonds is 2. The Morgan fingerprint density at radius 1 is 1.41 bits per heavy atom. The molecule has 0 aliphatic carbocycles. The third-order valence-corrected chi connectivity index (χ3v) is 2.12. The van der Waals surface area contributed by atoms with E-state index in [9.17, 15) is 13.6 Å². The van der Waals surface area contributed by atoms with Crippen LogP contribution in [-0.4, -0.2) is 21.0 Å². The summed E-state index contributed by atoms with van der Waals surface area (Å²) in [5, 5.41) is 8.86. The first-order valence-corrected chi connectivity index (χ1v) is 4.53. The van der Waals surface area contributed by atoms with Crippen molar-refractivity contribution in [3.8, 4) is 11.3 Å². The molecular weight excluding hydrogens is 232 g/mol. The number of carboxylic acids is 1. The predicted molar refractivity (Wildman–Crippen MR) is 55.3 cm³/mol. The fourth-order valence-electron chi connectivity index (χ4n) is 1.42. The number of hydrogen-bond donors (Lipinski definition) is 3. The Hall–Kier alpha value is -2.44. The van der Waals surface area contributed by atoms with Crippen LogP contribution in [0.25, 0.3) is 11.3 Å². The molecule has 2 rings (SSSR count). The van der Waals surface area contributed by atoms with Crippen LogP contribution in [0.1, 0.15) is 10.5 Å². The molecule has 0 unspecified atom stereocenters. The third kappa shape index (κ3) is 1.94. The van der Waals surface area contributed by atoms with Crippen molar-refractivity contribution in [1.29, 1.82) is 0 Å². The highest BCUT2D eigenvalue weighted by Gasteiger charge is 2.19. The molecule has 0 bridgehead atoms. The summed E-state index contributed by atoms with van der Waals surface area (Å²) >= 11 is 0. The number of nitrogen functional groups attached to an aromatic ring is 1. The maximum atomic E-state index is 13.5.